The molecule has 3 rings (SSSR count). The number of halogens is 2. The molecule has 1 aliphatic heterocycles. The molecule has 6 heteroatoms. The number of aromatic nitrogens is 1. The summed E-state index contributed by atoms with van der Waals surface area (Å²) in [6, 6.07) is 11.2. The normalized spacial score (nSPS) is 17.1. The highest BCUT2D eigenvalue weighted by molar-refractivity contribution is 7.99. The summed E-state index contributed by atoms with van der Waals surface area (Å²) in [6.07, 6.45) is 0.881. The molecule has 3 nitrogen and oxygen atoms in total. The van der Waals surface area contributed by atoms with Gasteiger partial charge < -0.3 is 5.32 Å². The largest absolute Gasteiger partial charge is 0.344 e. The summed E-state index contributed by atoms with van der Waals surface area (Å²) in [6.45, 7) is 0. The highest BCUT2D eigenvalue weighted by Crippen LogP contribution is 2.36. The number of carbonyl (C=O) groups is 1. The number of pyridine rings is 1. The molecule has 1 atom stereocenters. The van der Waals surface area contributed by atoms with E-state index in [0.29, 0.717) is 5.02 Å². The number of carbonyl (C=O) groups excluding carboxylic acids is 1. The van der Waals surface area contributed by atoms with Crippen molar-refractivity contribution < 1.29 is 4.79 Å². The van der Waals surface area contributed by atoms with Crippen LogP contribution in [0.3, 0.4) is 0 Å². The van der Waals surface area contributed by atoms with Crippen LogP contribution in [-0.2, 0) is 0 Å². The van der Waals surface area contributed by atoms with E-state index in [1.54, 1.807) is 23.9 Å². The predicted molar refractivity (Wildman–Crippen MR) is 86.2 cm³/mol. The van der Waals surface area contributed by atoms with Gasteiger partial charge in [-0.1, -0.05) is 41.4 Å². The van der Waals surface area contributed by atoms with Crippen LogP contribution >= 0.6 is 35.0 Å². The van der Waals surface area contributed by atoms with Gasteiger partial charge in [0.25, 0.3) is 5.91 Å². The molecule has 0 saturated carbocycles. The van der Waals surface area contributed by atoms with Crippen LogP contribution in [0.1, 0.15) is 28.5 Å². The van der Waals surface area contributed by atoms with Crippen molar-refractivity contribution in [2.75, 3.05) is 5.75 Å². The molecule has 1 aromatic heterocycles. The van der Waals surface area contributed by atoms with Crippen LogP contribution < -0.4 is 5.32 Å². The Morgan fingerprint density at radius 3 is 2.90 bits per heavy atom. The summed E-state index contributed by atoms with van der Waals surface area (Å²) >= 11 is 13.7. The van der Waals surface area contributed by atoms with E-state index in [-0.39, 0.29) is 22.8 Å². The van der Waals surface area contributed by atoms with E-state index in [2.05, 4.69) is 16.4 Å². The smallest absolute Gasteiger partial charge is 0.271 e. The standard InChI is InChI=1S/C15H12Cl2N2OS/c16-10-5-6-13(17)19-14(10)15(20)18-11-7-8-21-12-4-2-1-3-9(11)12/h1-6,11H,7-8H2,(H,18,20)/t11-/m1/s1. The number of thioether (sulfide) groups is 1. The lowest BCUT2D eigenvalue weighted by atomic mass is 10.0. The van der Waals surface area contributed by atoms with E-state index in [9.17, 15) is 4.79 Å². The summed E-state index contributed by atoms with van der Waals surface area (Å²) in [5.41, 5.74) is 1.31. The highest BCUT2D eigenvalue weighted by Gasteiger charge is 2.23. The molecule has 0 spiro atoms. The van der Waals surface area contributed by atoms with E-state index >= 15 is 0 Å². The van der Waals surface area contributed by atoms with Crippen LogP contribution in [0.4, 0.5) is 0 Å². The Morgan fingerprint density at radius 2 is 2.05 bits per heavy atom. The molecular weight excluding hydrogens is 327 g/mol. The molecule has 0 bridgehead atoms. The monoisotopic (exact) mass is 338 g/mol. The summed E-state index contributed by atoms with van der Waals surface area (Å²) < 4.78 is 0. The van der Waals surface area contributed by atoms with Crippen LogP contribution in [0.5, 0.6) is 0 Å². The molecule has 0 aliphatic carbocycles. The Bertz CT molecular complexity index is 693. The zero-order valence-corrected chi connectivity index (χ0v) is 13.3. The van der Waals surface area contributed by atoms with Crippen molar-refractivity contribution in [2.24, 2.45) is 0 Å². The Morgan fingerprint density at radius 1 is 1.24 bits per heavy atom. The van der Waals surface area contributed by atoms with Crippen molar-refractivity contribution >= 4 is 40.9 Å². The fraction of sp³-hybridized carbons (Fsp3) is 0.200. The first kappa shape index (κ1) is 14.7. The third-order valence-electron chi connectivity index (χ3n) is 3.29. The van der Waals surface area contributed by atoms with Gasteiger partial charge in [0, 0.05) is 10.6 Å². The molecule has 1 amide bonds. The Labute approximate surface area is 137 Å². The molecule has 1 aromatic carbocycles. The van der Waals surface area contributed by atoms with Crippen LogP contribution in [0.2, 0.25) is 10.2 Å². The van der Waals surface area contributed by atoms with Crippen molar-refractivity contribution in [3.05, 3.63) is 57.8 Å². The van der Waals surface area contributed by atoms with Gasteiger partial charge in [0.2, 0.25) is 0 Å². The minimum Gasteiger partial charge on any atom is -0.344 e. The van der Waals surface area contributed by atoms with Crippen molar-refractivity contribution in [2.45, 2.75) is 17.4 Å². The topological polar surface area (TPSA) is 42.0 Å². The average molecular weight is 339 g/mol. The van der Waals surface area contributed by atoms with Gasteiger partial charge in [-0.25, -0.2) is 4.98 Å². The first-order valence-electron chi connectivity index (χ1n) is 6.50. The van der Waals surface area contributed by atoms with Crippen molar-refractivity contribution in [1.82, 2.24) is 10.3 Å². The molecule has 2 heterocycles. The number of benzene rings is 1. The molecule has 108 valence electrons. The van der Waals surface area contributed by atoms with Crippen LogP contribution in [0, 0.1) is 0 Å². The van der Waals surface area contributed by atoms with E-state index in [0.717, 1.165) is 17.7 Å². The molecule has 21 heavy (non-hydrogen) atoms. The molecule has 0 unspecified atom stereocenters. The minimum absolute atomic E-state index is 0.0215. The Kier molecular flexibility index (Phi) is 4.38. The second-order valence-electron chi connectivity index (χ2n) is 4.67. The number of hydrogen-bond acceptors (Lipinski definition) is 3. The summed E-state index contributed by atoms with van der Waals surface area (Å²) in [5.74, 6) is 0.674. The number of nitrogens with one attached hydrogen (secondary N) is 1. The number of amides is 1. The lowest BCUT2D eigenvalue weighted by Crippen LogP contribution is -2.31. The third-order valence-corrected chi connectivity index (χ3v) is 4.93. The number of hydrogen-bond donors (Lipinski definition) is 1. The molecule has 0 saturated heterocycles. The Hall–Kier alpha value is -1.23. The van der Waals surface area contributed by atoms with Crippen molar-refractivity contribution in [3.8, 4) is 0 Å². The minimum atomic E-state index is -0.297. The zero-order valence-electron chi connectivity index (χ0n) is 11.0. The molecular formula is C15H12Cl2N2OS. The SMILES string of the molecule is O=C(N[C@@H]1CCSc2ccccc21)c1nc(Cl)ccc1Cl. The fourth-order valence-corrected chi connectivity index (χ4v) is 3.76. The van der Waals surface area contributed by atoms with E-state index in [1.165, 1.54) is 4.90 Å². The maximum absolute atomic E-state index is 12.4. The van der Waals surface area contributed by atoms with Gasteiger partial charge in [0.05, 0.1) is 11.1 Å². The summed E-state index contributed by atoms with van der Waals surface area (Å²) in [4.78, 5) is 17.6. The maximum atomic E-state index is 12.4. The van der Waals surface area contributed by atoms with Crippen LogP contribution in [-0.4, -0.2) is 16.6 Å². The van der Waals surface area contributed by atoms with E-state index in [4.69, 9.17) is 23.2 Å². The van der Waals surface area contributed by atoms with Crippen LogP contribution in [0.15, 0.2) is 41.3 Å². The fourth-order valence-electron chi connectivity index (χ4n) is 2.30. The Balaban J connectivity index is 1.84. The molecule has 1 N–H and O–H groups in total. The average Bonchev–Trinajstić information content (AvgIpc) is 2.50. The van der Waals surface area contributed by atoms with Gasteiger partial charge in [-0.15, -0.1) is 11.8 Å². The predicted octanol–water partition coefficient (Wildman–Crippen LogP) is 4.36. The maximum Gasteiger partial charge on any atom is 0.271 e. The van der Waals surface area contributed by atoms with E-state index < -0.39 is 0 Å². The van der Waals surface area contributed by atoms with Gasteiger partial charge in [-0.2, -0.15) is 0 Å². The summed E-state index contributed by atoms with van der Waals surface area (Å²) in [7, 11) is 0. The van der Waals surface area contributed by atoms with Gasteiger partial charge in [-0.3, -0.25) is 4.79 Å². The van der Waals surface area contributed by atoms with E-state index in [1.807, 2.05) is 18.2 Å². The molecule has 2 aromatic rings. The van der Waals surface area contributed by atoms with Gasteiger partial charge in [0.1, 0.15) is 10.8 Å². The molecule has 0 radical (unpaired) electrons. The molecule has 1 aliphatic rings. The number of fused-ring (bicyclic) bond motifs is 1. The summed E-state index contributed by atoms with van der Waals surface area (Å²) in [5, 5.41) is 3.56. The number of rotatable bonds is 2. The first-order valence-corrected chi connectivity index (χ1v) is 8.24. The highest BCUT2D eigenvalue weighted by atomic mass is 35.5. The van der Waals surface area contributed by atoms with Gasteiger partial charge >= 0.3 is 0 Å². The number of nitrogens with zero attached hydrogens (tertiary/aromatic N) is 1. The molecule has 0 fully saturated rings. The van der Waals surface area contributed by atoms with Crippen LogP contribution in [0.25, 0.3) is 0 Å². The van der Waals surface area contributed by atoms with Gasteiger partial charge in [-0.05, 0) is 30.2 Å². The first-order chi connectivity index (χ1) is 10.1. The zero-order chi connectivity index (χ0) is 14.8. The quantitative estimate of drug-likeness (QED) is 0.827. The van der Waals surface area contributed by atoms with Gasteiger partial charge in [0.15, 0.2) is 0 Å². The van der Waals surface area contributed by atoms with Crippen molar-refractivity contribution in [1.29, 1.82) is 0 Å². The second kappa shape index (κ2) is 6.26. The third kappa shape index (κ3) is 3.18. The lowest BCUT2D eigenvalue weighted by Gasteiger charge is -2.25. The van der Waals surface area contributed by atoms with Crippen molar-refractivity contribution in [3.63, 3.8) is 0 Å². The second-order valence-corrected chi connectivity index (χ2v) is 6.60. The lowest BCUT2D eigenvalue weighted by molar-refractivity contribution is 0.0930.